The van der Waals surface area contributed by atoms with Gasteiger partial charge in [0, 0.05) is 30.7 Å². The number of anilines is 2. The Morgan fingerprint density at radius 2 is 1.97 bits per heavy atom. The number of sulfonamides is 1. The normalized spacial score (nSPS) is 11.6. The lowest BCUT2D eigenvalue weighted by molar-refractivity contribution is -0.116. The van der Waals surface area contributed by atoms with Crippen LogP contribution in [0.1, 0.15) is 18.4 Å². The van der Waals surface area contributed by atoms with Gasteiger partial charge in [-0.2, -0.15) is 0 Å². The number of benzene rings is 2. The Morgan fingerprint density at radius 1 is 1.23 bits per heavy atom. The van der Waals surface area contributed by atoms with Crippen LogP contribution in [0.2, 0.25) is 5.02 Å². The van der Waals surface area contributed by atoms with Crippen LogP contribution < -0.4 is 14.5 Å². The molecule has 1 aromatic heterocycles. The molecule has 1 amide bonds. The van der Waals surface area contributed by atoms with Gasteiger partial charge >= 0.3 is 4.87 Å². The third kappa shape index (κ3) is 5.03. The summed E-state index contributed by atoms with van der Waals surface area (Å²) in [6.45, 7) is 1.97. The van der Waals surface area contributed by atoms with Crippen molar-refractivity contribution in [3.05, 3.63) is 56.7 Å². The van der Waals surface area contributed by atoms with Crippen molar-refractivity contribution in [3.8, 4) is 0 Å². The van der Waals surface area contributed by atoms with E-state index in [-0.39, 0.29) is 23.7 Å². The molecule has 0 radical (unpaired) electrons. The van der Waals surface area contributed by atoms with Gasteiger partial charge in [0.1, 0.15) is 0 Å². The van der Waals surface area contributed by atoms with Gasteiger partial charge in [-0.15, -0.1) is 0 Å². The number of halogens is 1. The molecule has 0 aliphatic carbocycles. The summed E-state index contributed by atoms with van der Waals surface area (Å²) in [5.74, 6) is -0.228. The summed E-state index contributed by atoms with van der Waals surface area (Å²) in [7, 11) is -1.82. The second-order valence-corrected chi connectivity index (χ2v) is 10.4. The summed E-state index contributed by atoms with van der Waals surface area (Å²) in [5, 5.41) is 3.25. The van der Waals surface area contributed by atoms with Gasteiger partial charge in [-0.3, -0.25) is 13.9 Å². The molecule has 1 N–H and O–H groups in total. The molecule has 3 rings (SSSR count). The molecule has 7 nitrogen and oxygen atoms in total. The Kier molecular flexibility index (Phi) is 6.54. The molecule has 0 unspecified atom stereocenters. The summed E-state index contributed by atoms with van der Waals surface area (Å²) in [6.07, 6.45) is 1.62. The zero-order valence-corrected chi connectivity index (χ0v) is 19.2. The van der Waals surface area contributed by atoms with E-state index in [4.69, 9.17) is 11.6 Å². The zero-order valence-electron chi connectivity index (χ0n) is 16.8. The van der Waals surface area contributed by atoms with Crippen molar-refractivity contribution in [3.63, 3.8) is 0 Å². The lowest BCUT2D eigenvalue weighted by Gasteiger charge is -2.24. The van der Waals surface area contributed by atoms with Crippen molar-refractivity contribution in [1.29, 1.82) is 0 Å². The standard InChI is InChI=1S/C20H22ClN3O4S2/c1-13-6-7-14(21)11-17(13)24(30(3,27)28)10-4-5-19(25)22-15-8-9-16-18(12-15)29-20(26)23(16)2/h6-9,11-12H,4-5,10H2,1-3H3,(H,22,25). The second kappa shape index (κ2) is 8.79. The molecule has 0 bridgehead atoms. The van der Waals surface area contributed by atoms with E-state index in [2.05, 4.69) is 5.32 Å². The fourth-order valence-electron chi connectivity index (χ4n) is 3.13. The van der Waals surface area contributed by atoms with Crippen LogP contribution >= 0.6 is 22.9 Å². The maximum Gasteiger partial charge on any atom is 0.307 e. The van der Waals surface area contributed by atoms with Gasteiger partial charge < -0.3 is 9.88 Å². The SMILES string of the molecule is Cc1ccc(Cl)cc1N(CCCC(=O)Nc1ccc2c(c1)sc(=O)n2C)S(C)(=O)=O. The van der Waals surface area contributed by atoms with Crippen LogP contribution in [-0.2, 0) is 21.9 Å². The number of aromatic nitrogens is 1. The molecule has 10 heteroatoms. The highest BCUT2D eigenvalue weighted by Crippen LogP contribution is 2.27. The number of hydrogen-bond donors (Lipinski definition) is 1. The maximum absolute atomic E-state index is 12.3. The summed E-state index contributed by atoms with van der Waals surface area (Å²) in [4.78, 5) is 24.0. The monoisotopic (exact) mass is 467 g/mol. The highest BCUT2D eigenvalue weighted by atomic mass is 35.5. The number of rotatable bonds is 7. The molecule has 0 aliphatic rings. The average Bonchev–Trinajstić information content (AvgIpc) is 2.93. The summed E-state index contributed by atoms with van der Waals surface area (Å²) >= 11 is 7.15. The van der Waals surface area contributed by atoms with Gasteiger partial charge in [-0.05, 0) is 49.2 Å². The molecule has 160 valence electrons. The Bertz CT molecular complexity index is 1260. The molecule has 0 saturated heterocycles. The van der Waals surface area contributed by atoms with Crippen LogP contribution in [0.4, 0.5) is 11.4 Å². The Morgan fingerprint density at radius 3 is 2.67 bits per heavy atom. The lowest BCUT2D eigenvalue weighted by Crippen LogP contribution is -2.32. The van der Waals surface area contributed by atoms with E-state index in [0.717, 1.165) is 33.4 Å². The molecule has 0 atom stereocenters. The van der Waals surface area contributed by atoms with E-state index in [9.17, 15) is 18.0 Å². The molecule has 1 heterocycles. The molecule has 30 heavy (non-hydrogen) atoms. The number of hydrogen-bond acceptors (Lipinski definition) is 5. The first-order chi connectivity index (χ1) is 14.1. The van der Waals surface area contributed by atoms with E-state index in [1.54, 1.807) is 48.0 Å². The highest BCUT2D eigenvalue weighted by Gasteiger charge is 2.20. The van der Waals surface area contributed by atoms with E-state index in [1.807, 2.05) is 6.92 Å². The second-order valence-electron chi connectivity index (χ2n) is 7.03. The van der Waals surface area contributed by atoms with Crippen LogP contribution in [0.25, 0.3) is 10.2 Å². The van der Waals surface area contributed by atoms with Crippen LogP contribution in [0.15, 0.2) is 41.2 Å². The smallest absolute Gasteiger partial charge is 0.307 e. The van der Waals surface area contributed by atoms with E-state index in [1.165, 1.54) is 4.31 Å². The quantitative estimate of drug-likeness (QED) is 0.573. The van der Waals surface area contributed by atoms with Crippen LogP contribution in [0, 0.1) is 6.92 Å². The zero-order chi connectivity index (χ0) is 22.1. The van der Waals surface area contributed by atoms with Crippen molar-refractivity contribution in [2.45, 2.75) is 19.8 Å². The summed E-state index contributed by atoms with van der Waals surface area (Å²) in [6, 6.07) is 10.4. The Balaban J connectivity index is 1.66. The number of aryl methyl sites for hydroxylation is 2. The predicted octanol–water partition coefficient (Wildman–Crippen LogP) is 3.75. The van der Waals surface area contributed by atoms with Crippen molar-refractivity contribution < 1.29 is 13.2 Å². The molecular formula is C20H22ClN3O4S2. The van der Waals surface area contributed by atoms with E-state index >= 15 is 0 Å². The minimum atomic E-state index is -3.53. The predicted molar refractivity (Wildman–Crippen MR) is 123 cm³/mol. The third-order valence-electron chi connectivity index (χ3n) is 4.68. The van der Waals surface area contributed by atoms with Crippen LogP contribution in [0.5, 0.6) is 0 Å². The number of thiazole rings is 1. The van der Waals surface area contributed by atoms with Gasteiger partial charge in [0.15, 0.2) is 0 Å². The Hall–Kier alpha value is -2.36. The average molecular weight is 468 g/mol. The molecule has 3 aromatic rings. The fourth-order valence-corrected chi connectivity index (χ4v) is 5.23. The van der Waals surface area contributed by atoms with Crippen molar-refractivity contribution in [1.82, 2.24) is 4.57 Å². The van der Waals surface area contributed by atoms with E-state index < -0.39 is 10.0 Å². The summed E-state index contributed by atoms with van der Waals surface area (Å²) < 4.78 is 28.2. The van der Waals surface area contributed by atoms with Gasteiger partial charge in [-0.25, -0.2) is 8.42 Å². The van der Waals surface area contributed by atoms with Gasteiger partial charge in [0.05, 0.1) is 22.2 Å². The number of fused-ring (bicyclic) bond motifs is 1. The first-order valence-electron chi connectivity index (χ1n) is 9.19. The minimum Gasteiger partial charge on any atom is -0.326 e. The van der Waals surface area contributed by atoms with Crippen molar-refractivity contribution in [2.75, 3.05) is 22.4 Å². The minimum absolute atomic E-state index is 0.0642. The number of nitrogens with zero attached hydrogens (tertiary/aromatic N) is 2. The largest absolute Gasteiger partial charge is 0.326 e. The molecule has 0 aliphatic heterocycles. The van der Waals surface area contributed by atoms with E-state index in [0.29, 0.717) is 22.8 Å². The maximum atomic E-state index is 12.3. The number of amides is 1. The number of carbonyl (C=O) groups excluding carboxylic acids is 1. The van der Waals surface area contributed by atoms with Gasteiger partial charge in [0.25, 0.3) is 0 Å². The third-order valence-corrected chi connectivity index (χ3v) is 7.09. The molecule has 0 spiro atoms. The fraction of sp³-hybridized carbons (Fsp3) is 0.300. The number of nitrogens with one attached hydrogen (secondary N) is 1. The van der Waals surface area contributed by atoms with Crippen molar-refractivity contribution >= 4 is 60.5 Å². The van der Waals surface area contributed by atoms with Crippen molar-refractivity contribution in [2.24, 2.45) is 7.05 Å². The Labute approximate surface area is 183 Å². The number of carbonyl (C=O) groups is 1. The van der Waals surface area contributed by atoms with Gasteiger partial charge in [-0.1, -0.05) is 29.0 Å². The first-order valence-corrected chi connectivity index (χ1v) is 12.2. The molecule has 2 aromatic carbocycles. The molecular weight excluding hydrogens is 446 g/mol. The topological polar surface area (TPSA) is 88.5 Å². The van der Waals surface area contributed by atoms with Crippen LogP contribution in [0.3, 0.4) is 0 Å². The highest BCUT2D eigenvalue weighted by molar-refractivity contribution is 7.92. The summed E-state index contributed by atoms with van der Waals surface area (Å²) in [5.41, 5.74) is 2.70. The first kappa shape index (κ1) is 22.3. The lowest BCUT2D eigenvalue weighted by atomic mass is 10.2. The molecule has 0 saturated carbocycles. The van der Waals surface area contributed by atoms with Crippen LogP contribution in [-0.4, -0.2) is 31.7 Å². The molecule has 0 fully saturated rings. The van der Waals surface area contributed by atoms with Gasteiger partial charge in [0.2, 0.25) is 15.9 Å².